The number of hydrogen-bond donors (Lipinski definition) is 0. The zero-order valence-electron chi connectivity index (χ0n) is 10.1. The number of likely N-dealkylation sites (tertiary alicyclic amines) is 1. The number of aromatic nitrogens is 1. The van der Waals surface area contributed by atoms with Gasteiger partial charge in [-0.1, -0.05) is 19.0 Å². The van der Waals surface area contributed by atoms with Gasteiger partial charge in [-0.15, -0.1) is 0 Å². The summed E-state index contributed by atoms with van der Waals surface area (Å²) in [6.45, 7) is 7.82. The Kier molecular flexibility index (Phi) is 2.99. The molecule has 0 radical (unpaired) electrons. The van der Waals surface area contributed by atoms with E-state index in [9.17, 15) is 4.79 Å². The molecule has 4 nitrogen and oxygen atoms in total. The van der Waals surface area contributed by atoms with Gasteiger partial charge in [-0.2, -0.15) is 0 Å². The number of carbonyl (C=O) groups excluding carboxylic acids is 1. The Bertz CT molecular complexity index is 376. The summed E-state index contributed by atoms with van der Waals surface area (Å²) in [7, 11) is 0. The SMILES string of the molecule is Cc1cc(C(=O)N2CC(C)CC(C)C2)no1. The van der Waals surface area contributed by atoms with Gasteiger partial charge in [-0.05, 0) is 25.2 Å². The first-order valence-electron chi connectivity index (χ1n) is 5.79. The molecule has 2 rings (SSSR count). The summed E-state index contributed by atoms with van der Waals surface area (Å²) < 4.78 is 4.93. The van der Waals surface area contributed by atoms with E-state index >= 15 is 0 Å². The fourth-order valence-electron chi connectivity index (χ4n) is 2.46. The molecule has 2 heterocycles. The third-order valence-corrected chi connectivity index (χ3v) is 3.00. The van der Waals surface area contributed by atoms with E-state index in [4.69, 9.17) is 4.52 Å². The van der Waals surface area contributed by atoms with Crippen molar-refractivity contribution < 1.29 is 9.32 Å². The Labute approximate surface area is 95.6 Å². The third kappa shape index (κ3) is 2.26. The van der Waals surface area contributed by atoms with E-state index < -0.39 is 0 Å². The van der Waals surface area contributed by atoms with Crippen LogP contribution >= 0.6 is 0 Å². The van der Waals surface area contributed by atoms with Gasteiger partial charge in [0, 0.05) is 19.2 Å². The Morgan fingerprint density at radius 3 is 2.56 bits per heavy atom. The summed E-state index contributed by atoms with van der Waals surface area (Å²) in [5.41, 5.74) is 0.429. The molecular formula is C12H18N2O2. The second kappa shape index (κ2) is 4.28. The van der Waals surface area contributed by atoms with Crippen LogP contribution in [0.25, 0.3) is 0 Å². The molecule has 0 aliphatic carbocycles. The van der Waals surface area contributed by atoms with Gasteiger partial charge in [0.1, 0.15) is 5.76 Å². The Balaban J connectivity index is 2.09. The summed E-state index contributed by atoms with van der Waals surface area (Å²) in [5, 5.41) is 3.77. The number of piperidine rings is 1. The van der Waals surface area contributed by atoms with Gasteiger partial charge in [-0.25, -0.2) is 0 Å². The van der Waals surface area contributed by atoms with Gasteiger partial charge in [0.05, 0.1) is 0 Å². The second-order valence-electron chi connectivity index (χ2n) is 4.98. The lowest BCUT2D eigenvalue weighted by atomic mass is 9.92. The van der Waals surface area contributed by atoms with Gasteiger partial charge >= 0.3 is 0 Å². The van der Waals surface area contributed by atoms with E-state index in [1.807, 2.05) is 4.90 Å². The molecule has 1 aromatic heterocycles. The first-order chi connectivity index (χ1) is 7.56. The molecular weight excluding hydrogens is 204 g/mol. The first-order valence-corrected chi connectivity index (χ1v) is 5.79. The standard InChI is InChI=1S/C12H18N2O2/c1-8-4-9(2)7-14(6-8)12(15)11-5-10(3)16-13-11/h5,8-9H,4,6-7H2,1-3H3. The van der Waals surface area contributed by atoms with Crippen LogP contribution in [0.2, 0.25) is 0 Å². The lowest BCUT2D eigenvalue weighted by molar-refractivity contribution is 0.0613. The average molecular weight is 222 g/mol. The maximum atomic E-state index is 12.1. The molecule has 0 N–H and O–H groups in total. The van der Waals surface area contributed by atoms with Gasteiger partial charge in [0.2, 0.25) is 0 Å². The Hall–Kier alpha value is -1.32. The molecule has 1 aliphatic heterocycles. The largest absolute Gasteiger partial charge is 0.361 e. The van der Waals surface area contributed by atoms with Crippen LogP contribution in [-0.4, -0.2) is 29.1 Å². The van der Waals surface area contributed by atoms with E-state index in [1.165, 1.54) is 6.42 Å². The van der Waals surface area contributed by atoms with Crippen LogP contribution in [0, 0.1) is 18.8 Å². The van der Waals surface area contributed by atoms with E-state index in [-0.39, 0.29) is 5.91 Å². The predicted molar refractivity (Wildman–Crippen MR) is 60.1 cm³/mol. The average Bonchev–Trinajstić information content (AvgIpc) is 2.62. The summed E-state index contributed by atoms with van der Waals surface area (Å²) >= 11 is 0. The molecule has 1 amide bonds. The van der Waals surface area contributed by atoms with Crippen LogP contribution in [0.5, 0.6) is 0 Å². The molecule has 16 heavy (non-hydrogen) atoms. The van der Waals surface area contributed by atoms with Crippen LogP contribution in [0.15, 0.2) is 10.6 Å². The Morgan fingerprint density at radius 2 is 2.06 bits per heavy atom. The van der Waals surface area contributed by atoms with Gasteiger partial charge < -0.3 is 9.42 Å². The lowest BCUT2D eigenvalue weighted by Gasteiger charge is -2.34. The molecule has 4 heteroatoms. The number of aryl methyl sites for hydroxylation is 1. The van der Waals surface area contributed by atoms with Gasteiger partial charge in [0.25, 0.3) is 5.91 Å². The van der Waals surface area contributed by atoms with Gasteiger partial charge in [-0.3, -0.25) is 4.79 Å². The van der Waals surface area contributed by atoms with Crippen molar-refractivity contribution in [1.82, 2.24) is 10.1 Å². The van der Waals surface area contributed by atoms with Crippen molar-refractivity contribution in [2.75, 3.05) is 13.1 Å². The van der Waals surface area contributed by atoms with Crippen LogP contribution in [0.1, 0.15) is 36.5 Å². The van der Waals surface area contributed by atoms with E-state index in [0.29, 0.717) is 23.3 Å². The lowest BCUT2D eigenvalue weighted by Crippen LogP contribution is -2.42. The molecule has 0 aromatic carbocycles. The third-order valence-electron chi connectivity index (χ3n) is 3.00. The first kappa shape index (κ1) is 11.2. The van der Waals surface area contributed by atoms with Crippen molar-refractivity contribution in [3.05, 3.63) is 17.5 Å². The topological polar surface area (TPSA) is 46.3 Å². The molecule has 1 saturated heterocycles. The molecule has 1 aliphatic rings. The number of amides is 1. The van der Waals surface area contributed by atoms with E-state index in [1.54, 1.807) is 13.0 Å². The van der Waals surface area contributed by atoms with Crippen LogP contribution in [0.3, 0.4) is 0 Å². The van der Waals surface area contributed by atoms with Crippen molar-refractivity contribution in [2.45, 2.75) is 27.2 Å². The highest BCUT2D eigenvalue weighted by Gasteiger charge is 2.27. The Morgan fingerprint density at radius 1 is 1.44 bits per heavy atom. The number of carbonyl (C=O) groups is 1. The van der Waals surface area contributed by atoms with Crippen molar-refractivity contribution in [1.29, 1.82) is 0 Å². The van der Waals surface area contributed by atoms with Crippen molar-refractivity contribution in [3.8, 4) is 0 Å². The predicted octanol–water partition coefficient (Wildman–Crippen LogP) is 2.10. The zero-order chi connectivity index (χ0) is 11.7. The summed E-state index contributed by atoms with van der Waals surface area (Å²) in [4.78, 5) is 14.0. The normalized spacial score (nSPS) is 25.8. The monoisotopic (exact) mass is 222 g/mol. The highest BCUT2D eigenvalue weighted by molar-refractivity contribution is 5.92. The zero-order valence-corrected chi connectivity index (χ0v) is 10.1. The second-order valence-corrected chi connectivity index (χ2v) is 4.98. The highest BCUT2D eigenvalue weighted by atomic mass is 16.5. The summed E-state index contributed by atoms with van der Waals surface area (Å²) in [6, 6.07) is 1.70. The fourth-order valence-corrected chi connectivity index (χ4v) is 2.46. The molecule has 0 saturated carbocycles. The van der Waals surface area contributed by atoms with Crippen LogP contribution < -0.4 is 0 Å². The molecule has 0 bridgehead atoms. The molecule has 0 spiro atoms. The maximum Gasteiger partial charge on any atom is 0.276 e. The van der Waals surface area contributed by atoms with Crippen molar-refractivity contribution in [2.24, 2.45) is 11.8 Å². The highest BCUT2D eigenvalue weighted by Crippen LogP contribution is 2.22. The van der Waals surface area contributed by atoms with E-state index in [2.05, 4.69) is 19.0 Å². The molecule has 2 unspecified atom stereocenters. The smallest absolute Gasteiger partial charge is 0.276 e. The van der Waals surface area contributed by atoms with Crippen LogP contribution in [0.4, 0.5) is 0 Å². The minimum atomic E-state index is -0.00440. The molecule has 2 atom stereocenters. The van der Waals surface area contributed by atoms with Crippen LogP contribution in [-0.2, 0) is 0 Å². The maximum absolute atomic E-state index is 12.1. The number of hydrogen-bond acceptors (Lipinski definition) is 3. The quantitative estimate of drug-likeness (QED) is 0.731. The molecule has 1 fully saturated rings. The number of nitrogens with zero attached hydrogens (tertiary/aromatic N) is 2. The minimum absolute atomic E-state index is 0.00440. The van der Waals surface area contributed by atoms with Gasteiger partial charge in [0.15, 0.2) is 5.69 Å². The van der Waals surface area contributed by atoms with Crippen molar-refractivity contribution >= 4 is 5.91 Å². The molecule has 88 valence electrons. The van der Waals surface area contributed by atoms with Crippen molar-refractivity contribution in [3.63, 3.8) is 0 Å². The summed E-state index contributed by atoms with van der Waals surface area (Å²) in [6.07, 6.45) is 1.20. The number of rotatable bonds is 1. The summed E-state index contributed by atoms with van der Waals surface area (Å²) in [5.74, 6) is 1.82. The van der Waals surface area contributed by atoms with E-state index in [0.717, 1.165) is 13.1 Å². The minimum Gasteiger partial charge on any atom is -0.361 e. The molecule has 1 aromatic rings. The fraction of sp³-hybridized carbons (Fsp3) is 0.667.